The second-order valence-corrected chi connectivity index (χ2v) is 6.72. The first-order valence-electron chi connectivity index (χ1n) is 8.67. The predicted molar refractivity (Wildman–Crippen MR) is 93.9 cm³/mol. The number of nitrogens with one attached hydrogen (secondary N) is 1. The lowest BCUT2D eigenvalue weighted by molar-refractivity contribution is -0.133. The number of anilines is 1. The normalized spacial score (nSPS) is 17.9. The maximum Gasteiger partial charge on any atom is 0.236 e. The molecular formula is C18H26N4O2. The average molecular weight is 330 g/mol. The van der Waals surface area contributed by atoms with Gasteiger partial charge in [0, 0.05) is 37.9 Å². The number of likely N-dealkylation sites (N-methyl/N-ethyl adjacent to an activating group) is 1. The number of nitrogens with zero attached hydrogens (tertiary/aromatic N) is 3. The van der Waals surface area contributed by atoms with E-state index in [9.17, 15) is 9.59 Å². The van der Waals surface area contributed by atoms with Crippen molar-refractivity contribution < 1.29 is 9.59 Å². The lowest BCUT2D eigenvalue weighted by atomic mass is 10.2. The fourth-order valence-corrected chi connectivity index (χ4v) is 2.99. The molecule has 0 aromatic heterocycles. The topological polar surface area (TPSA) is 55.9 Å². The third-order valence-corrected chi connectivity index (χ3v) is 4.51. The van der Waals surface area contributed by atoms with E-state index in [0.29, 0.717) is 12.6 Å². The number of para-hydroxylation sites is 1. The van der Waals surface area contributed by atoms with Crippen LogP contribution in [0, 0.1) is 0 Å². The van der Waals surface area contributed by atoms with Gasteiger partial charge in [-0.05, 0) is 32.0 Å². The van der Waals surface area contributed by atoms with Crippen LogP contribution in [0.5, 0.6) is 0 Å². The molecule has 24 heavy (non-hydrogen) atoms. The van der Waals surface area contributed by atoms with E-state index in [2.05, 4.69) is 22.3 Å². The molecule has 3 rings (SSSR count). The monoisotopic (exact) mass is 330 g/mol. The summed E-state index contributed by atoms with van der Waals surface area (Å²) in [7, 11) is 1.82. The molecule has 2 aliphatic rings. The summed E-state index contributed by atoms with van der Waals surface area (Å²) in [6, 6.07) is 10.7. The zero-order valence-corrected chi connectivity index (χ0v) is 14.3. The third kappa shape index (κ3) is 4.71. The molecule has 0 spiro atoms. The van der Waals surface area contributed by atoms with Crippen molar-refractivity contribution in [1.82, 2.24) is 15.1 Å². The van der Waals surface area contributed by atoms with Crippen LogP contribution in [0.25, 0.3) is 0 Å². The van der Waals surface area contributed by atoms with Crippen LogP contribution in [0.15, 0.2) is 30.3 Å². The van der Waals surface area contributed by atoms with Gasteiger partial charge in [-0.25, -0.2) is 0 Å². The first kappa shape index (κ1) is 16.8. The molecule has 2 fully saturated rings. The van der Waals surface area contributed by atoms with E-state index >= 15 is 0 Å². The van der Waals surface area contributed by atoms with Crippen molar-refractivity contribution in [1.29, 1.82) is 0 Å². The highest BCUT2D eigenvalue weighted by atomic mass is 16.2. The molecule has 1 heterocycles. The zero-order valence-electron chi connectivity index (χ0n) is 14.3. The number of carbonyl (C=O) groups excluding carboxylic acids is 2. The molecule has 6 heteroatoms. The summed E-state index contributed by atoms with van der Waals surface area (Å²) in [4.78, 5) is 30.2. The second-order valence-electron chi connectivity index (χ2n) is 6.72. The zero-order chi connectivity index (χ0) is 16.9. The van der Waals surface area contributed by atoms with Crippen LogP contribution in [0.2, 0.25) is 0 Å². The molecule has 1 saturated carbocycles. The Morgan fingerprint density at radius 2 is 1.75 bits per heavy atom. The molecule has 1 saturated heterocycles. The van der Waals surface area contributed by atoms with Gasteiger partial charge in [-0.15, -0.1) is 0 Å². The van der Waals surface area contributed by atoms with Gasteiger partial charge in [-0.1, -0.05) is 18.2 Å². The molecular weight excluding hydrogens is 304 g/mol. The molecule has 0 radical (unpaired) electrons. The fourth-order valence-electron chi connectivity index (χ4n) is 2.99. The lowest BCUT2D eigenvalue weighted by Gasteiger charge is -2.36. The summed E-state index contributed by atoms with van der Waals surface area (Å²) in [6.07, 6.45) is 2.17. The summed E-state index contributed by atoms with van der Waals surface area (Å²) in [5.74, 6) is 0.117. The maximum atomic E-state index is 12.4. The molecule has 0 atom stereocenters. The van der Waals surface area contributed by atoms with E-state index in [4.69, 9.17) is 0 Å². The van der Waals surface area contributed by atoms with Gasteiger partial charge >= 0.3 is 0 Å². The van der Waals surface area contributed by atoms with Crippen molar-refractivity contribution in [2.45, 2.75) is 18.9 Å². The van der Waals surface area contributed by atoms with E-state index in [0.717, 1.165) is 39.0 Å². The van der Waals surface area contributed by atoms with Gasteiger partial charge in [-0.3, -0.25) is 14.5 Å². The summed E-state index contributed by atoms with van der Waals surface area (Å²) in [6.45, 7) is 3.74. The van der Waals surface area contributed by atoms with E-state index in [-0.39, 0.29) is 18.4 Å². The van der Waals surface area contributed by atoms with Crippen molar-refractivity contribution in [3.8, 4) is 0 Å². The van der Waals surface area contributed by atoms with Crippen molar-refractivity contribution in [2.24, 2.45) is 0 Å². The van der Waals surface area contributed by atoms with Crippen LogP contribution < -0.4 is 10.2 Å². The number of rotatable bonds is 6. The Morgan fingerprint density at radius 1 is 1.08 bits per heavy atom. The van der Waals surface area contributed by atoms with Gasteiger partial charge in [0.25, 0.3) is 0 Å². The first-order valence-corrected chi connectivity index (χ1v) is 8.67. The van der Waals surface area contributed by atoms with Gasteiger partial charge < -0.3 is 15.1 Å². The van der Waals surface area contributed by atoms with E-state index in [1.165, 1.54) is 5.69 Å². The van der Waals surface area contributed by atoms with Crippen LogP contribution in [0.4, 0.5) is 5.69 Å². The van der Waals surface area contributed by atoms with Crippen LogP contribution in [0.3, 0.4) is 0 Å². The second kappa shape index (κ2) is 7.66. The highest BCUT2D eigenvalue weighted by Gasteiger charge is 2.25. The Hall–Kier alpha value is -2.08. The standard InChI is InChI=1S/C18H26N4O2/c1-20(13-17(23)19-15-7-8-15)14-18(24)22-11-9-21(10-12-22)16-5-3-2-4-6-16/h2-6,15H,7-14H2,1H3,(H,19,23). The van der Waals surface area contributed by atoms with E-state index < -0.39 is 0 Å². The highest BCUT2D eigenvalue weighted by Crippen LogP contribution is 2.18. The molecule has 1 N–H and O–H groups in total. The number of carbonyl (C=O) groups is 2. The molecule has 0 unspecified atom stereocenters. The molecule has 2 amide bonds. The van der Waals surface area contributed by atoms with Gasteiger partial charge in [0.15, 0.2) is 0 Å². The molecule has 6 nitrogen and oxygen atoms in total. The average Bonchev–Trinajstić information content (AvgIpc) is 3.39. The Balaban J connectivity index is 1.40. The van der Waals surface area contributed by atoms with Gasteiger partial charge in [0.1, 0.15) is 0 Å². The minimum absolute atomic E-state index is 0.0155. The molecule has 130 valence electrons. The number of piperazine rings is 1. The summed E-state index contributed by atoms with van der Waals surface area (Å²) in [5.41, 5.74) is 1.21. The Kier molecular flexibility index (Phi) is 5.35. The molecule has 1 aliphatic heterocycles. The first-order chi connectivity index (χ1) is 11.6. The Morgan fingerprint density at radius 3 is 2.38 bits per heavy atom. The van der Waals surface area contributed by atoms with Crippen LogP contribution in [-0.2, 0) is 9.59 Å². The maximum absolute atomic E-state index is 12.4. The molecule has 0 bridgehead atoms. The SMILES string of the molecule is CN(CC(=O)NC1CC1)CC(=O)N1CCN(c2ccccc2)CC1. The summed E-state index contributed by atoms with van der Waals surface area (Å²) >= 11 is 0. The molecule has 1 aromatic rings. The highest BCUT2D eigenvalue weighted by molar-refractivity contribution is 5.81. The fraction of sp³-hybridized carbons (Fsp3) is 0.556. The van der Waals surface area contributed by atoms with Crippen LogP contribution in [-0.4, -0.2) is 74.0 Å². The van der Waals surface area contributed by atoms with Crippen molar-refractivity contribution in [3.05, 3.63) is 30.3 Å². The summed E-state index contributed by atoms with van der Waals surface area (Å²) in [5, 5.41) is 2.95. The quantitative estimate of drug-likeness (QED) is 0.827. The number of hydrogen-bond acceptors (Lipinski definition) is 4. The molecule has 1 aromatic carbocycles. The minimum Gasteiger partial charge on any atom is -0.368 e. The minimum atomic E-state index is 0.0155. The van der Waals surface area contributed by atoms with Crippen molar-refractivity contribution in [2.75, 3.05) is 51.2 Å². The number of hydrogen-bond donors (Lipinski definition) is 1. The van der Waals surface area contributed by atoms with Crippen molar-refractivity contribution >= 4 is 17.5 Å². The van der Waals surface area contributed by atoms with Crippen LogP contribution >= 0.6 is 0 Å². The lowest BCUT2D eigenvalue weighted by Crippen LogP contribution is -2.51. The van der Waals surface area contributed by atoms with Crippen molar-refractivity contribution in [3.63, 3.8) is 0 Å². The van der Waals surface area contributed by atoms with E-state index in [1.54, 1.807) is 4.90 Å². The Labute approximate surface area is 143 Å². The van der Waals surface area contributed by atoms with Gasteiger partial charge in [-0.2, -0.15) is 0 Å². The summed E-state index contributed by atoms with van der Waals surface area (Å²) < 4.78 is 0. The predicted octanol–water partition coefficient (Wildman–Crippen LogP) is 0.546. The van der Waals surface area contributed by atoms with Gasteiger partial charge in [0.2, 0.25) is 11.8 Å². The smallest absolute Gasteiger partial charge is 0.236 e. The largest absolute Gasteiger partial charge is 0.368 e. The number of amides is 2. The number of benzene rings is 1. The van der Waals surface area contributed by atoms with Gasteiger partial charge in [0.05, 0.1) is 13.1 Å². The van der Waals surface area contributed by atoms with Crippen LogP contribution in [0.1, 0.15) is 12.8 Å². The molecule has 1 aliphatic carbocycles. The Bertz CT molecular complexity index is 566. The third-order valence-electron chi connectivity index (χ3n) is 4.51. The van der Waals surface area contributed by atoms with E-state index in [1.807, 2.05) is 30.1 Å².